The first-order valence-electron chi connectivity index (χ1n) is 4.78. The van der Waals surface area contributed by atoms with Gasteiger partial charge in [0.1, 0.15) is 0 Å². The predicted molar refractivity (Wildman–Crippen MR) is 66.7 cm³/mol. The van der Waals surface area contributed by atoms with Crippen LogP contribution in [0.1, 0.15) is 5.69 Å². The van der Waals surface area contributed by atoms with Gasteiger partial charge < -0.3 is 5.11 Å². The van der Waals surface area contributed by atoms with Crippen molar-refractivity contribution in [2.45, 2.75) is 6.61 Å². The second-order valence-corrected chi connectivity index (χ2v) is 5.18. The molecule has 0 aliphatic carbocycles. The highest BCUT2D eigenvalue weighted by atomic mass is 32.1. The van der Waals surface area contributed by atoms with Crippen molar-refractivity contribution in [2.75, 3.05) is 0 Å². The van der Waals surface area contributed by atoms with E-state index in [1.54, 1.807) is 11.3 Å². The third-order valence-corrected chi connectivity index (χ3v) is 4.26. The number of hydrogen-bond donors (Lipinski definition) is 1. The Kier molecular flexibility index (Phi) is 2.43. The van der Waals surface area contributed by atoms with E-state index in [0.717, 1.165) is 15.5 Å². The Balaban J connectivity index is 2.11. The van der Waals surface area contributed by atoms with E-state index in [9.17, 15) is 0 Å². The largest absolute Gasteiger partial charge is 0.390 e. The van der Waals surface area contributed by atoms with E-state index < -0.39 is 0 Å². The van der Waals surface area contributed by atoms with Gasteiger partial charge in [-0.2, -0.15) is 0 Å². The van der Waals surface area contributed by atoms with Crippen molar-refractivity contribution in [3.05, 3.63) is 35.3 Å². The summed E-state index contributed by atoms with van der Waals surface area (Å²) < 4.78 is 1.17. The molecule has 80 valence electrons. The molecule has 3 aromatic rings. The summed E-state index contributed by atoms with van der Waals surface area (Å²) in [5.41, 5.74) is 1.71. The number of aromatic nitrogens is 2. The van der Waals surface area contributed by atoms with Crippen LogP contribution in [-0.2, 0) is 6.61 Å². The average Bonchev–Trinajstić information content (AvgIpc) is 2.95. The highest BCUT2D eigenvalue weighted by Gasteiger charge is 2.09. The monoisotopic (exact) mass is 248 g/mol. The molecule has 0 atom stereocenters. The lowest BCUT2D eigenvalue weighted by atomic mass is 10.3. The topological polar surface area (TPSA) is 46.0 Å². The molecule has 1 N–H and O–H groups in total. The van der Waals surface area contributed by atoms with Crippen LogP contribution in [0.3, 0.4) is 0 Å². The minimum absolute atomic E-state index is 0.0125. The summed E-state index contributed by atoms with van der Waals surface area (Å²) in [5, 5.41) is 12.6. The van der Waals surface area contributed by atoms with Crippen molar-refractivity contribution < 1.29 is 5.11 Å². The molecule has 0 aliphatic rings. The maximum absolute atomic E-state index is 8.96. The van der Waals surface area contributed by atoms with Gasteiger partial charge in [-0.15, -0.1) is 22.7 Å². The van der Waals surface area contributed by atoms with Crippen LogP contribution in [0, 0.1) is 0 Å². The van der Waals surface area contributed by atoms with Crippen LogP contribution >= 0.6 is 22.7 Å². The molecule has 0 saturated carbocycles. The summed E-state index contributed by atoms with van der Waals surface area (Å²) in [5.74, 6) is 0. The van der Waals surface area contributed by atoms with Gasteiger partial charge in [0.05, 0.1) is 22.5 Å². The van der Waals surface area contributed by atoms with Crippen molar-refractivity contribution in [1.29, 1.82) is 0 Å². The summed E-state index contributed by atoms with van der Waals surface area (Å²) in [4.78, 5) is 8.83. The first-order valence-corrected chi connectivity index (χ1v) is 6.47. The van der Waals surface area contributed by atoms with E-state index >= 15 is 0 Å². The molecular weight excluding hydrogens is 240 g/mol. The fraction of sp³-hybridized carbons (Fsp3) is 0.0909. The van der Waals surface area contributed by atoms with Gasteiger partial charge in [0.15, 0.2) is 10.0 Å². The number of benzene rings is 1. The molecule has 0 saturated heterocycles. The van der Waals surface area contributed by atoms with Crippen LogP contribution in [0.15, 0.2) is 29.6 Å². The zero-order valence-corrected chi connectivity index (χ0v) is 9.88. The van der Waals surface area contributed by atoms with Gasteiger partial charge in [0.2, 0.25) is 0 Å². The number of rotatable bonds is 2. The molecule has 0 unspecified atom stereocenters. The zero-order valence-electron chi connectivity index (χ0n) is 8.25. The van der Waals surface area contributed by atoms with Gasteiger partial charge in [0, 0.05) is 5.38 Å². The van der Waals surface area contributed by atoms with Crippen LogP contribution in [0.25, 0.3) is 20.2 Å². The highest BCUT2D eigenvalue weighted by Crippen LogP contribution is 2.31. The number of fused-ring (bicyclic) bond motifs is 1. The number of hydrogen-bond acceptors (Lipinski definition) is 5. The molecular formula is C11H8N2OS2. The molecule has 2 aromatic heterocycles. The summed E-state index contributed by atoms with van der Waals surface area (Å²) >= 11 is 3.15. The Morgan fingerprint density at radius 2 is 2.00 bits per heavy atom. The third kappa shape index (κ3) is 1.63. The van der Waals surface area contributed by atoms with Gasteiger partial charge in [-0.1, -0.05) is 12.1 Å². The molecule has 0 amide bonds. The minimum atomic E-state index is -0.0125. The first kappa shape index (κ1) is 9.89. The van der Waals surface area contributed by atoms with Crippen LogP contribution < -0.4 is 0 Å². The predicted octanol–water partition coefficient (Wildman–Crippen LogP) is 2.91. The Bertz CT molecular complexity index is 596. The van der Waals surface area contributed by atoms with Gasteiger partial charge in [-0.25, -0.2) is 9.97 Å². The second-order valence-electron chi connectivity index (χ2n) is 3.29. The zero-order chi connectivity index (χ0) is 11.0. The van der Waals surface area contributed by atoms with Crippen LogP contribution in [0.4, 0.5) is 0 Å². The molecule has 3 rings (SSSR count). The maximum atomic E-state index is 8.96. The quantitative estimate of drug-likeness (QED) is 0.758. The summed E-state index contributed by atoms with van der Waals surface area (Å²) in [6, 6.07) is 8.03. The van der Waals surface area contributed by atoms with Crippen LogP contribution in [0.5, 0.6) is 0 Å². The third-order valence-electron chi connectivity index (χ3n) is 2.19. The molecule has 0 fully saturated rings. The molecule has 16 heavy (non-hydrogen) atoms. The van der Waals surface area contributed by atoms with Crippen molar-refractivity contribution in [2.24, 2.45) is 0 Å². The minimum Gasteiger partial charge on any atom is -0.390 e. The number of para-hydroxylation sites is 1. The van der Waals surface area contributed by atoms with E-state index in [2.05, 4.69) is 16.0 Å². The lowest BCUT2D eigenvalue weighted by Gasteiger charge is -1.85. The molecule has 0 bridgehead atoms. The standard InChI is InChI=1S/C11H8N2OS2/c14-5-7-6-15-10(12-7)11-13-8-3-1-2-4-9(8)16-11/h1-4,6,14H,5H2. The molecule has 3 nitrogen and oxygen atoms in total. The van der Waals surface area contributed by atoms with Crippen LogP contribution in [-0.4, -0.2) is 15.1 Å². The van der Waals surface area contributed by atoms with Gasteiger partial charge in [-0.05, 0) is 12.1 Å². The normalized spacial score (nSPS) is 11.1. The fourth-order valence-corrected chi connectivity index (χ4v) is 3.25. The van der Waals surface area contributed by atoms with Gasteiger partial charge in [0.25, 0.3) is 0 Å². The van der Waals surface area contributed by atoms with E-state index in [-0.39, 0.29) is 6.61 Å². The smallest absolute Gasteiger partial charge is 0.153 e. The van der Waals surface area contributed by atoms with Crippen molar-refractivity contribution in [3.63, 3.8) is 0 Å². The van der Waals surface area contributed by atoms with E-state index in [1.807, 2.05) is 23.6 Å². The molecule has 0 spiro atoms. The van der Waals surface area contributed by atoms with E-state index in [4.69, 9.17) is 5.11 Å². The van der Waals surface area contributed by atoms with Gasteiger partial charge in [-0.3, -0.25) is 0 Å². The Morgan fingerprint density at radius 3 is 2.75 bits per heavy atom. The Labute approximate surface area is 100 Å². The highest BCUT2D eigenvalue weighted by molar-refractivity contribution is 7.25. The fourth-order valence-electron chi connectivity index (χ4n) is 1.44. The summed E-state index contributed by atoms with van der Waals surface area (Å²) in [6.45, 7) is -0.0125. The van der Waals surface area contributed by atoms with Crippen molar-refractivity contribution in [1.82, 2.24) is 9.97 Å². The number of aliphatic hydroxyl groups is 1. The number of thiazole rings is 2. The lowest BCUT2D eigenvalue weighted by molar-refractivity contribution is 0.278. The maximum Gasteiger partial charge on any atom is 0.153 e. The van der Waals surface area contributed by atoms with E-state index in [0.29, 0.717) is 5.69 Å². The summed E-state index contributed by atoms with van der Waals surface area (Å²) in [7, 11) is 0. The lowest BCUT2D eigenvalue weighted by Crippen LogP contribution is -1.81. The number of nitrogens with zero attached hydrogens (tertiary/aromatic N) is 2. The van der Waals surface area contributed by atoms with Crippen molar-refractivity contribution in [3.8, 4) is 10.0 Å². The molecule has 2 heterocycles. The molecule has 1 aromatic carbocycles. The summed E-state index contributed by atoms with van der Waals surface area (Å²) in [6.07, 6.45) is 0. The average molecular weight is 248 g/mol. The second kappa shape index (κ2) is 3.93. The molecule has 0 radical (unpaired) electrons. The molecule has 5 heteroatoms. The Morgan fingerprint density at radius 1 is 1.12 bits per heavy atom. The Hall–Kier alpha value is -1.30. The van der Waals surface area contributed by atoms with E-state index in [1.165, 1.54) is 16.0 Å². The SMILES string of the molecule is OCc1csc(-c2nc3ccccc3s2)n1. The number of aliphatic hydroxyl groups excluding tert-OH is 1. The molecule has 0 aliphatic heterocycles. The first-order chi connectivity index (χ1) is 7.86. The van der Waals surface area contributed by atoms with Crippen molar-refractivity contribution >= 4 is 32.9 Å². The van der Waals surface area contributed by atoms with Crippen LogP contribution in [0.2, 0.25) is 0 Å². The van der Waals surface area contributed by atoms with Gasteiger partial charge >= 0.3 is 0 Å².